The zero-order chi connectivity index (χ0) is 14.4. The molecular formula is C16H28N4. The maximum atomic E-state index is 4.48. The van der Waals surface area contributed by atoms with Crippen molar-refractivity contribution in [1.82, 2.24) is 14.8 Å². The molecule has 2 rings (SSSR count). The molecule has 1 aromatic rings. The van der Waals surface area contributed by atoms with Crippen LogP contribution in [0.3, 0.4) is 0 Å². The minimum atomic E-state index is 0.669. The second-order valence-corrected chi connectivity index (χ2v) is 5.88. The first-order valence-corrected chi connectivity index (χ1v) is 7.84. The summed E-state index contributed by atoms with van der Waals surface area (Å²) in [6.07, 6.45) is 3.14. The van der Waals surface area contributed by atoms with Gasteiger partial charge in [0.25, 0.3) is 0 Å². The molecule has 4 heteroatoms. The van der Waals surface area contributed by atoms with Gasteiger partial charge in [-0.2, -0.15) is 0 Å². The topological polar surface area (TPSA) is 31.4 Å². The summed E-state index contributed by atoms with van der Waals surface area (Å²) in [6.45, 7) is 13.4. The van der Waals surface area contributed by atoms with E-state index < -0.39 is 0 Å². The van der Waals surface area contributed by atoms with Gasteiger partial charge in [-0.1, -0.05) is 13.0 Å². The Balaban J connectivity index is 1.79. The predicted octanol–water partition coefficient (Wildman–Crippen LogP) is 2.43. The van der Waals surface area contributed by atoms with Crippen molar-refractivity contribution in [3.8, 4) is 0 Å². The third kappa shape index (κ3) is 4.46. The molecule has 0 atom stereocenters. The summed E-state index contributed by atoms with van der Waals surface area (Å²) in [4.78, 5) is 9.55. The van der Waals surface area contributed by atoms with E-state index in [1.54, 1.807) is 0 Å². The molecule has 1 fully saturated rings. The minimum Gasteiger partial charge on any atom is -0.370 e. The van der Waals surface area contributed by atoms with Crippen LogP contribution in [0.2, 0.25) is 0 Å². The first-order chi connectivity index (χ1) is 9.69. The molecule has 0 amide bonds. The van der Waals surface area contributed by atoms with Crippen LogP contribution >= 0.6 is 0 Å². The van der Waals surface area contributed by atoms with Crippen molar-refractivity contribution in [1.29, 1.82) is 0 Å². The van der Waals surface area contributed by atoms with Crippen molar-refractivity contribution in [2.24, 2.45) is 0 Å². The van der Waals surface area contributed by atoms with Crippen molar-refractivity contribution < 1.29 is 0 Å². The number of rotatable bonds is 6. The molecule has 2 heterocycles. The molecule has 0 radical (unpaired) electrons. The lowest BCUT2D eigenvalue weighted by Gasteiger charge is -2.36. The Bertz CT molecular complexity index is 380. The highest BCUT2D eigenvalue weighted by atomic mass is 15.3. The normalized spacial score (nSPS) is 17.6. The maximum Gasteiger partial charge on any atom is 0.125 e. The number of hydrogen-bond acceptors (Lipinski definition) is 4. The van der Waals surface area contributed by atoms with E-state index in [4.69, 9.17) is 0 Å². The summed E-state index contributed by atoms with van der Waals surface area (Å²) in [5, 5.41) is 3.31. The van der Waals surface area contributed by atoms with Gasteiger partial charge in [0.15, 0.2) is 0 Å². The van der Waals surface area contributed by atoms with Gasteiger partial charge in [-0.25, -0.2) is 4.98 Å². The van der Waals surface area contributed by atoms with Crippen LogP contribution < -0.4 is 5.32 Å². The van der Waals surface area contributed by atoms with Crippen molar-refractivity contribution in [2.45, 2.75) is 39.8 Å². The van der Waals surface area contributed by atoms with Crippen molar-refractivity contribution in [3.05, 3.63) is 23.9 Å². The van der Waals surface area contributed by atoms with E-state index in [1.165, 1.54) is 18.7 Å². The zero-order valence-corrected chi connectivity index (χ0v) is 13.1. The lowest BCUT2D eigenvalue weighted by Crippen LogP contribution is -2.48. The second kappa shape index (κ2) is 7.60. The number of nitrogens with zero attached hydrogens (tertiary/aromatic N) is 3. The smallest absolute Gasteiger partial charge is 0.125 e. The monoisotopic (exact) mass is 276 g/mol. The first kappa shape index (κ1) is 15.3. The van der Waals surface area contributed by atoms with Gasteiger partial charge in [0, 0.05) is 51.5 Å². The molecule has 0 unspecified atom stereocenters. The van der Waals surface area contributed by atoms with Crippen LogP contribution in [0, 0.1) is 0 Å². The molecule has 1 N–H and O–H groups in total. The van der Waals surface area contributed by atoms with E-state index in [0.717, 1.165) is 38.4 Å². The molecule has 1 saturated heterocycles. The van der Waals surface area contributed by atoms with Gasteiger partial charge in [-0.3, -0.25) is 9.80 Å². The highest BCUT2D eigenvalue weighted by molar-refractivity contribution is 5.35. The summed E-state index contributed by atoms with van der Waals surface area (Å²) in [7, 11) is 0. The summed E-state index contributed by atoms with van der Waals surface area (Å²) < 4.78 is 0. The lowest BCUT2D eigenvalue weighted by molar-refractivity contribution is 0.104. The van der Waals surface area contributed by atoms with E-state index in [2.05, 4.69) is 53.0 Å². The molecule has 1 aliphatic rings. The standard InChI is InChI=1S/C16H28N4/c1-4-7-17-16-6-5-15(12-18-16)13-19-8-10-20(11-9-19)14(2)3/h5-6,12,14H,4,7-11,13H2,1-3H3,(H,17,18). The quantitative estimate of drug-likeness (QED) is 0.864. The average molecular weight is 276 g/mol. The van der Waals surface area contributed by atoms with E-state index in [9.17, 15) is 0 Å². The summed E-state index contributed by atoms with van der Waals surface area (Å²) in [5.41, 5.74) is 1.31. The largest absolute Gasteiger partial charge is 0.370 e. The third-order valence-electron chi connectivity index (χ3n) is 3.92. The van der Waals surface area contributed by atoms with Crippen LogP contribution in [0.5, 0.6) is 0 Å². The Morgan fingerprint density at radius 2 is 1.95 bits per heavy atom. The molecule has 20 heavy (non-hydrogen) atoms. The Labute approximate surface area is 123 Å². The number of piperazine rings is 1. The molecule has 0 saturated carbocycles. The molecule has 0 bridgehead atoms. The highest BCUT2D eigenvalue weighted by Gasteiger charge is 2.18. The summed E-state index contributed by atoms with van der Waals surface area (Å²) in [5.74, 6) is 0.986. The van der Waals surface area contributed by atoms with E-state index in [-0.39, 0.29) is 0 Å². The number of hydrogen-bond donors (Lipinski definition) is 1. The van der Waals surface area contributed by atoms with Crippen LogP contribution in [-0.2, 0) is 6.54 Å². The first-order valence-electron chi connectivity index (χ1n) is 7.84. The lowest BCUT2D eigenvalue weighted by atomic mass is 10.2. The number of nitrogens with one attached hydrogen (secondary N) is 1. The molecule has 1 aliphatic heterocycles. The van der Waals surface area contributed by atoms with Gasteiger partial charge < -0.3 is 5.32 Å². The molecule has 112 valence electrons. The molecule has 1 aromatic heterocycles. The Hall–Kier alpha value is -1.13. The minimum absolute atomic E-state index is 0.669. The molecule has 0 aromatic carbocycles. The van der Waals surface area contributed by atoms with Gasteiger partial charge in [-0.15, -0.1) is 0 Å². The molecule has 0 spiro atoms. The van der Waals surface area contributed by atoms with Crippen LogP contribution in [0.15, 0.2) is 18.3 Å². The predicted molar refractivity (Wildman–Crippen MR) is 85.0 cm³/mol. The average Bonchev–Trinajstić information content (AvgIpc) is 2.47. The molecule has 0 aliphatic carbocycles. The Kier molecular flexibility index (Phi) is 5.80. The maximum absolute atomic E-state index is 4.48. The highest BCUT2D eigenvalue weighted by Crippen LogP contribution is 2.11. The van der Waals surface area contributed by atoms with Crippen LogP contribution in [0.1, 0.15) is 32.8 Å². The second-order valence-electron chi connectivity index (χ2n) is 5.88. The van der Waals surface area contributed by atoms with Crippen LogP contribution in [0.4, 0.5) is 5.82 Å². The van der Waals surface area contributed by atoms with Crippen molar-refractivity contribution >= 4 is 5.82 Å². The third-order valence-corrected chi connectivity index (χ3v) is 3.92. The van der Waals surface area contributed by atoms with E-state index in [0.29, 0.717) is 6.04 Å². The number of aromatic nitrogens is 1. The van der Waals surface area contributed by atoms with Crippen LogP contribution in [0.25, 0.3) is 0 Å². The zero-order valence-electron chi connectivity index (χ0n) is 13.1. The Morgan fingerprint density at radius 1 is 1.20 bits per heavy atom. The van der Waals surface area contributed by atoms with Crippen LogP contribution in [-0.4, -0.2) is 53.5 Å². The Morgan fingerprint density at radius 3 is 2.50 bits per heavy atom. The number of anilines is 1. The number of pyridine rings is 1. The van der Waals surface area contributed by atoms with Gasteiger partial charge in [0.2, 0.25) is 0 Å². The molecular weight excluding hydrogens is 248 g/mol. The SMILES string of the molecule is CCCNc1ccc(CN2CCN(C(C)C)CC2)cn1. The van der Waals surface area contributed by atoms with Crippen molar-refractivity contribution in [3.63, 3.8) is 0 Å². The van der Waals surface area contributed by atoms with E-state index >= 15 is 0 Å². The fraction of sp³-hybridized carbons (Fsp3) is 0.688. The summed E-state index contributed by atoms with van der Waals surface area (Å²) in [6, 6.07) is 4.96. The van der Waals surface area contributed by atoms with Gasteiger partial charge in [-0.05, 0) is 31.9 Å². The van der Waals surface area contributed by atoms with Gasteiger partial charge in [0.05, 0.1) is 0 Å². The summed E-state index contributed by atoms with van der Waals surface area (Å²) >= 11 is 0. The van der Waals surface area contributed by atoms with E-state index in [1.807, 2.05) is 6.20 Å². The van der Waals surface area contributed by atoms with Gasteiger partial charge in [0.1, 0.15) is 5.82 Å². The fourth-order valence-corrected chi connectivity index (χ4v) is 2.57. The molecule has 4 nitrogen and oxygen atoms in total. The van der Waals surface area contributed by atoms with Crippen molar-refractivity contribution in [2.75, 3.05) is 38.0 Å². The van der Waals surface area contributed by atoms with Gasteiger partial charge >= 0.3 is 0 Å². The fourth-order valence-electron chi connectivity index (χ4n) is 2.57.